The molecule has 11 rings (SSSR count). The van der Waals surface area contributed by atoms with Crippen molar-refractivity contribution in [1.29, 1.82) is 0 Å². The van der Waals surface area contributed by atoms with Gasteiger partial charge in [-0.25, -0.2) is 0 Å². The number of allylic oxidation sites excluding steroid dienone is 8. The summed E-state index contributed by atoms with van der Waals surface area (Å²) in [6, 6.07) is 59.5. The van der Waals surface area contributed by atoms with Crippen molar-refractivity contribution in [2.75, 3.05) is 4.90 Å². The summed E-state index contributed by atoms with van der Waals surface area (Å²) in [6.45, 7) is 3.93. The van der Waals surface area contributed by atoms with Gasteiger partial charge < -0.3 is 13.9 Å². The average molecular weight is 797 g/mol. The third-order valence-corrected chi connectivity index (χ3v) is 12.4. The van der Waals surface area contributed by atoms with E-state index >= 15 is 0 Å². The molecule has 0 radical (unpaired) electrons. The molecule has 9 aromatic rings. The van der Waals surface area contributed by atoms with Gasteiger partial charge in [0.15, 0.2) is 0 Å². The maximum atomic E-state index is 6.65. The minimum Gasteiger partial charge on any atom is -0.460 e. The van der Waals surface area contributed by atoms with E-state index in [0.29, 0.717) is 0 Å². The summed E-state index contributed by atoms with van der Waals surface area (Å²) in [5.41, 5.74) is 14.0. The monoisotopic (exact) mass is 796 g/mol. The largest absolute Gasteiger partial charge is 0.460 e. The molecular weight excluding hydrogens is 753 g/mol. The molecule has 0 aliphatic heterocycles. The number of hydrogen-bond acceptors (Lipinski definition) is 2. The SMILES string of the molecule is C=C/C=C\C=C(\c1ccc(N(c2ccc(-c3ccccc3C3CC=Cc4c3oc3c4CC=CC=C3)cc2)c2ccc3ccccc3c2)cc1)n1c2ccccc2c2ccccc21. The van der Waals surface area contributed by atoms with Gasteiger partial charge in [-0.3, -0.25) is 0 Å². The first-order valence-corrected chi connectivity index (χ1v) is 21.5. The van der Waals surface area contributed by atoms with E-state index in [-0.39, 0.29) is 5.92 Å². The molecule has 2 aromatic heterocycles. The van der Waals surface area contributed by atoms with Crippen LogP contribution >= 0.6 is 0 Å². The van der Waals surface area contributed by atoms with Crippen LogP contribution in [0.25, 0.3) is 61.6 Å². The molecule has 296 valence electrons. The molecule has 0 saturated heterocycles. The summed E-state index contributed by atoms with van der Waals surface area (Å²) in [4.78, 5) is 2.36. The number of rotatable bonds is 9. The molecule has 2 aliphatic rings. The van der Waals surface area contributed by atoms with Crippen LogP contribution in [0.5, 0.6) is 0 Å². The summed E-state index contributed by atoms with van der Waals surface area (Å²) >= 11 is 0. The van der Waals surface area contributed by atoms with E-state index in [2.05, 4.69) is 228 Å². The van der Waals surface area contributed by atoms with E-state index in [4.69, 9.17) is 4.42 Å². The summed E-state index contributed by atoms with van der Waals surface area (Å²) in [5.74, 6) is 2.18. The Morgan fingerprint density at radius 1 is 0.629 bits per heavy atom. The Morgan fingerprint density at radius 2 is 1.31 bits per heavy atom. The lowest BCUT2D eigenvalue weighted by Gasteiger charge is -2.27. The molecule has 62 heavy (non-hydrogen) atoms. The first kappa shape index (κ1) is 37.1. The molecule has 7 aromatic carbocycles. The highest BCUT2D eigenvalue weighted by Crippen LogP contribution is 2.45. The molecule has 0 bridgehead atoms. The number of furan rings is 1. The summed E-state index contributed by atoms with van der Waals surface area (Å²) in [7, 11) is 0. The highest BCUT2D eigenvalue weighted by Gasteiger charge is 2.29. The van der Waals surface area contributed by atoms with Crippen LogP contribution < -0.4 is 4.90 Å². The zero-order valence-electron chi connectivity index (χ0n) is 34.4. The lowest BCUT2D eigenvalue weighted by molar-refractivity contribution is 0.475. The van der Waals surface area contributed by atoms with E-state index in [1.807, 2.05) is 12.2 Å². The van der Waals surface area contributed by atoms with Crippen LogP contribution in [0.1, 0.15) is 46.1 Å². The normalized spacial score (nSPS) is 14.7. The Bertz CT molecular complexity index is 3260. The Labute approximate surface area is 362 Å². The Balaban J connectivity index is 0.992. The van der Waals surface area contributed by atoms with Gasteiger partial charge in [0.05, 0.1) is 16.7 Å². The number of hydrogen-bond donors (Lipinski definition) is 0. The van der Waals surface area contributed by atoms with Crippen molar-refractivity contribution < 1.29 is 4.42 Å². The fraction of sp³-hybridized carbons (Fsp3) is 0.0508. The van der Waals surface area contributed by atoms with Gasteiger partial charge in [-0.1, -0.05) is 170 Å². The van der Waals surface area contributed by atoms with Gasteiger partial charge in [-0.2, -0.15) is 0 Å². The second-order valence-corrected chi connectivity index (χ2v) is 16.0. The zero-order valence-corrected chi connectivity index (χ0v) is 34.4. The van der Waals surface area contributed by atoms with Crippen LogP contribution in [0.15, 0.2) is 223 Å². The van der Waals surface area contributed by atoms with Crippen molar-refractivity contribution in [2.45, 2.75) is 18.8 Å². The Hall–Kier alpha value is -7.88. The number of fused-ring (bicyclic) bond motifs is 7. The third kappa shape index (κ3) is 6.56. The molecule has 0 saturated carbocycles. The van der Waals surface area contributed by atoms with Crippen LogP contribution in [0.4, 0.5) is 17.1 Å². The predicted octanol–water partition coefficient (Wildman–Crippen LogP) is 16.0. The third-order valence-electron chi connectivity index (χ3n) is 12.4. The van der Waals surface area contributed by atoms with Crippen molar-refractivity contribution >= 4 is 67.5 Å². The molecule has 2 heterocycles. The quantitative estimate of drug-likeness (QED) is 0.136. The second kappa shape index (κ2) is 15.9. The molecule has 0 spiro atoms. The fourth-order valence-corrected chi connectivity index (χ4v) is 9.51. The number of anilines is 3. The molecule has 3 heteroatoms. The fourth-order valence-electron chi connectivity index (χ4n) is 9.51. The number of nitrogens with zero attached hydrogens (tertiary/aromatic N) is 2. The van der Waals surface area contributed by atoms with Gasteiger partial charge in [0.25, 0.3) is 0 Å². The van der Waals surface area contributed by atoms with Crippen molar-refractivity contribution in [3.63, 3.8) is 0 Å². The molecule has 0 N–H and O–H groups in total. The predicted molar refractivity (Wildman–Crippen MR) is 262 cm³/mol. The summed E-state index contributed by atoms with van der Waals surface area (Å²) in [6.07, 6.45) is 22.9. The maximum Gasteiger partial charge on any atom is 0.131 e. The van der Waals surface area contributed by atoms with Gasteiger partial charge in [0.2, 0.25) is 0 Å². The van der Waals surface area contributed by atoms with Crippen molar-refractivity contribution in [3.05, 3.63) is 253 Å². The van der Waals surface area contributed by atoms with E-state index in [1.165, 1.54) is 60.4 Å². The average Bonchev–Trinajstić information content (AvgIpc) is 3.75. The number of para-hydroxylation sites is 2. The Kier molecular flexibility index (Phi) is 9.55. The van der Waals surface area contributed by atoms with Gasteiger partial charge in [0, 0.05) is 44.9 Å². The van der Waals surface area contributed by atoms with E-state index in [1.54, 1.807) is 0 Å². The van der Waals surface area contributed by atoms with Crippen LogP contribution in [0.2, 0.25) is 0 Å². The standard InChI is InChI=1S/C59H44N2O/c1-2-3-5-26-55(61-56-27-14-12-21-50(56)51-22-13-15-28-57(51)61)43-33-37-46(38-34-43)60(47-39-30-41-17-8-9-18-44(41)40-47)45-35-31-42(32-36-45)48-19-10-11-20-49(48)53-24-16-25-54-52-23-6-4-7-29-58(52)62-59(53)54/h2-22,25-40,53H,1,23-24H2/b5-3-,55-26-. The van der Waals surface area contributed by atoms with E-state index in [0.717, 1.165) is 52.7 Å². The van der Waals surface area contributed by atoms with Gasteiger partial charge >= 0.3 is 0 Å². The van der Waals surface area contributed by atoms with Crippen LogP contribution in [-0.2, 0) is 6.42 Å². The van der Waals surface area contributed by atoms with Gasteiger partial charge in [-0.15, -0.1) is 0 Å². The zero-order chi connectivity index (χ0) is 41.4. The molecule has 1 atom stereocenters. The lowest BCUT2D eigenvalue weighted by atomic mass is 9.82. The molecule has 3 nitrogen and oxygen atoms in total. The number of benzene rings is 7. The summed E-state index contributed by atoms with van der Waals surface area (Å²) in [5, 5.41) is 4.88. The number of aromatic nitrogens is 1. The highest BCUT2D eigenvalue weighted by molar-refractivity contribution is 6.10. The van der Waals surface area contributed by atoms with Crippen molar-refractivity contribution in [2.24, 2.45) is 0 Å². The lowest BCUT2D eigenvalue weighted by Crippen LogP contribution is -2.10. The van der Waals surface area contributed by atoms with Crippen LogP contribution in [0, 0.1) is 0 Å². The van der Waals surface area contributed by atoms with Crippen LogP contribution in [-0.4, -0.2) is 4.57 Å². The Morgan fingerprint density at radius 3 is 2.08 bits per heavy atom. The molecule has 2 aliphatic carbocycles. The minimum absolute atomic E-state index is 0.136. The van der Waals surface area contributed by atoms with Crippen molar-refractivity contribution in [3.8, 4) is 11.1 Å². The molecule has 0 amide bonds. The first-order valence-electron chi connectivity index (χ1n) is 21.5. The van der Waals surface area contributed by atoms with E-state index in [9.17, 15) is 0 Å². The van der Waals surface area contributed by atoms with E-state index < -0.39 is 0 Å². The molecular formula is C59H44N2O. The second-order valence-electron chi connectivity index (χ2n) is 16.0. The first-order chi connectivity index (χ1) is 30.7. The smallest absolute Gasteiger partial charge is 0.131 e. The van der Waals surface area contributed by atoms with Crippen molar-refractivity contribution in [1.82, 2.24) is 4.57 Å². The molecule has 1 unspecified atom stereocenters. The van der Waals surface area contributed by atoms with Crippen LogP contribution in [0.3, 0.4) is 0 Å². The highest BCUT2D eigenvalue weighted by atomic mass is 16.3. The maximum absolute atomic E-state index is 6.65. The topological polar surface area (TPSA) is 21.3 Å². The van der Waals surface area contributed by atoms with Gasteiger partial charge in [0.1, 0.15) is 11.5 Å². The minimum atomic E-state index is 0.136. The summed E-state index contributed by atoms with van der Waals surface area (Å²) < 4.78 is 9.03. The molecule has 0 fully saturated rings. The van der Waals surface area contributed by atoms with Gasteiger partial charge in [-0.05, 0) is 107 Å².